The van der Waals surface area contributed by atoms with Gasteiger partial charge in [0.25, 0.3) is 0 Å². The van der Waals surface area contributed by atoms with Crippen molar-refractivity contribution < 1.29 is 28.6 Å². The highest BCUT2D eigenvalue weighted by Gasteiger charge is 2.19. The van der Waals surface area contributed by atoms with E-state index < -0.39 is 6.10 Å². The van der Waals surface area contributed by atoms with E-state index >= 15 is 0 Å². The van der Waals surface area contributed by atoms with E-state index in [4.69, 9.17) is 14.2 Å². The van der Waals surface area contributed by atoms with Crippen LogP contribution >= 0.6 is 0 Å². The van der Waals surface area contributed by atoms with Crippen LogP contribution in [0.2, 0.25) is 0 Å². The number of hydrogen-bond acceptors (Lipinski definition) is 6. The molecule has 0 saturated heterocycles. The Morgan fingerprint density at radius 1 is 0.291 bits per heavy atom. The van der Waals surface area contributed by atoms with Gasteiger partial charge in [-0.1, -0.05) is 239 Å². The predicted molar refractivity (Wildman–Crippen MR) is 233 cm³/mol. The molecule has 0 amide bonds. The van der Waals surface area contributed by atoms with Gasteiger partial charge in [-0.3, -0.25) is 14.4 Å². The van der Waals surface area contributed by atoms with Crippen molar-refractivity contribution in [1.82, 2.24) is 0 Å². The summed E-state index contributed by atoms with van der Waals surface area (Å²) in [7, 11) is 0. The van der Waals surface area contributed by atoms with Gasteiger partial charge in [-0.15, -0.1) is 0 Å². The van der Waals surface area contributed by atoms with Gasteiger partial charge in [0, 0.05) is 19.3 Å². The molecule has 0 heterocycles. The first-order valence-electron chi connectivity index (χ1n) is 24.5. The molecule has 0 fully saturated rings. The van der Waals surface area contributed by atoms with Crippen LogP contribution in [-0.2, 0) is 28.6 Å². The molecule has 0 saturated carbocycles. The Hall–Kier alpha value is -1.59. The minimum absolute atomic E-state index is 0.0628. The third-order valence-corrected chi connectivity index (χ3v) is 11.1. The van der Waals surface area contributed by atoms with Crippen LogP contribution in [0.4, 0.5) is 0 Å². The molecule has 6 nitrogen and oxygen atoms in total. The third kappa shape index (κ3) is 43.4. The summed E-state index contributed by atoms with van der Waals surface area (Å²) in [6, 6.07) is 0. The highest BCUT2D eigenvalue weighted by Crippen LogP contribution is 2.16. The molecule has 0 radical (unpaired) electrons. The molecule has 0 aliphatic rings. The lowest BCUT2D eigenvalue weighted by atomic mass is 10.0. The van der Waals surface area contributed by atoms with Crippen molar-refractivity contribution in [3.05, 3.63) is 0 Å². The standard InChI is InChI=1S/C49H94O6/c1-4-7-10-13-16-18-20-21-22-23-24-25-26-27-29-30-33-36-39-42-48(51)54-45-46(44-53-47(50)41-38-35-32-15-12-9-6-3)55-49(52)43-40-37-34-31-28-19-17-14-11-8-5-2/h46H,4-45H2,1-3H3. The van der Waals surface area contributed by atoms with E-state index in [1.807, 2.05) is 0 Å². The van der Waals surface area contributed by atoms with Crippen LogP contribution in [0.3, 0.4) is 0 Å². The predicted octanol–water partition coefficient (Wildman–Crippen LogP) is 15.6. The Kier molecular flexibility index (Phi) is 43.8. The molecule has 55 heavy (non-hydrogen) atoms. The molecule has 6 heteroatoms. The van der Waals surface area contributed by atoms with Crippen LogP contribution in [-0.4, -0.2) is 37.2 Å². The maximum absolute atomic E-state index is 12.7. The average Bonchev–Trinajstić information content (AvgIpc) is 3.18. The molecule has 0 bridgehead atoms. The van der Waals surface area contributed by atoms with Crippen molar-refractivity contribution >= 4 is 17.9 Å². The number of carbonyl (C=O) groups excluding carboxylic acids is 3. The summed E-state index contributed by atoms with van der Waals surface area (Å²) in [5.74, 6) is -0.855. The van der Waals surface area contributed by atoms with E-state index in [0.717, 1.165) is 57.8 Å². The molecule has 0 aliphatic carbocycles. The fourth-order valence-electron chi connectivity index (χ4n) is 7.38. The summed E-state index contributed by atoms with van der Waals surface area (Å²) >= 11 is 0. The van der Waals surface area contributed by atoms with Crippen molar-refractivity contribution in [2.75, 3.05) is 13.2 Å². The second kappa shape index (κ2) is 45.1. The highest BCUT2D eigenvalue weighted by molar-refractivity contribution is 5.71. The Morgan fingerprint density at radius 3 is 0.727 bits per heavy atom. The number of unbranched alkanes of at least 4 members (excludes halogenated alkanes) is 34. The fraction of sp³-hybridized carbons (Fsp3) is 0.939. The molecule has 0 N–H and O–H groups in total. The second-order valence-electron chi connectivity index (χ2n) is 16.7. The number of hydrogen-bond donors (Lipinski definition) is 0. The van der Waals surface area contributed by atoms with E-state index in [-0.39, 0.29) is 31.1 Å². The largest absolute Gasteiger partial charge is 0.462 e. The zero-order chi connectivity index (χ0) is 40.1. The molecule has 1 unspecified atom stereocenters. The lowest BCUT2D eigenvalue weighted by Gasteiger charge is -2.18. The van der Waals surface area contributed by atoms with Crippen LogP contribution in [0.15, 0.2) is 0 Å². The zero-order valence-electron chi connectivity index (χ0n) is 37.2. The van der Waals surface area contributed by atoms with Gasteiger partial charge >= 0.3 is 17.9 Å². The summed E-state index contributed by atoms with van der Waals surface area (Å²) in [4.78, 5) is 37.6. The number of carbonyl (C=O) groups is 3. The smallest absolute Gasteiger partial charge is 0.306 e. The molecule has 0 aromatic carbocycles. The fourth-order valence-corrected chi connectivity index (χ4v) is 7.38. The van der Waals surface area contributed by atoms with Gasteiger partial charge in [-0.25, -0.2) is 0 Å². The van der Waals surface area contributed by atoms with E-state index in [2.05, 4.69) is 20.8 Å². The minimum Gasteiger partial charge on any atom is -0.462 e. The summed E-state index contributed by atoms with van der Waals surface area (Å²) in [5.41, 5.74) is 0. The molecule has 0 aromatic rings. The maximum atomic E-state index is 12.7. The average molecular weight is 779 g/mol. The lowest BCUT2D eigenvalue weighted by molar-refractivity contribution is -0.167. The van der Waals surface area contributed by atoms with Crippen LogP contribution in [0, 0.1) is 0 Å². The second-order valence-corrected chi connectivity index (χ2v) is 16.7. The van der Waals surface area contributed by atoms with Crippen molar-refractivity contribution in [2.24, 2.45) is 0 Å². The molecule has 0 spiro atoms. The van der Waals surface area contributed by atoms with E-state index in [1.54, 1.807) is 0 Å². The summed E-state index contributed by atoms with van der Waals surface area (Å²) in [6.07, 6.45) is 46.7. The van der Waals surface area contributed by atoms with Gasteiger partial charge in [-0.05, 0) is 19.3 Å². The maximum Gasteiger partial charge on any atom is 0.306 e. The van der Waals surface area contributed by atoms with Crippen molar-refractivity contribution in [3.63, 3.8) is 0 Å². The normalized spacial score (nSPS) is 11.8. The Morgan fingerprint density at radius 2 is 0.491 bits per heavy atom. The molecule has 0 aliphatic heterocycles. The van der Waals surface area contributed by atoms with Gasteiger partial charge in [0.2, 0.25) is 0 Å². The first kappa shape index (κ1) is 53.4. The van der Waals surface area contributed by atoms with E-state index in [1.165, 1.54) is 180 Å². The van der Waals surface area contributed by atoms with Gasteiger partial charge in [0.05, 0.1) is 0 Å². The highest BCUT2D eigenvalue weighted by atomic mass is 16.6. The molecule has 0 rings (SSSR count). The number of esters is 3. The van der Waals surface area contributed by atoms with Gasteiger partial charge < -0.3 is 14.2 Å². The summed E-state index contributed by atoms with van der Waals surface area (Å²) in [6.45, 7) is 6.62. The lowest BCUT2D eigenvalue weighted by Crippen LogP contribution is -2.30. The number of ether oxygens (including phenoxy) is 3. The first-order chi connectivity index (χ1) is 27.0. The molecule has 0 aromatic heterocycles. The summed E-state index contributed by atoms with van der Waals surface area (Å²) in [5, 5.41) is 0. The monoisotopic (exact) mass is 779 g/mol. The van der Waals surface area contributed by atoms with E-state index in [0.29, 0.717) is 19.3 Å². The van der Waals surface area contributed by atoms with Crippen LogP contribution < -0.4 is 0 Å². The van der Waals surface area contributed by atoms with Gasteiger partial charge in [-0.2, -0.15) is 0 Å². The Balaban J connectivity index is 4.15. The Bertz CT molecular complexity index is 813. The molecule has 1 atom stereocenters. The quantitative estimate of drug-likeness (QED) is 0.0348. The third-order valence-electron chi connectivity index (χ3n) is 11.1. The zero-order valence-corrected chi connectivity index (χ0v) is 37.2. The van der Waals surface area contributed by atoms with Crippen LogP contribution in [0.1, 0.15) is 278 Å². The van der Waals surface area contributed by atoms with Gasteiger partial charge in [0.15, 0.2) is 6.10 Å². The minimum atomic E-state index is -0.757. The van der Waals surface area contributed by atoms with Crippen molar-refractivity contribution in [3.8, 4) is 0 Å². The first-order valence-corrected chi connectivity index (χ1v) is 24.5. The van der Waals surface area contributed by atoms with Crippen LogP contribution in [0.25, 0.3) is 0 Å². The molecular formula is C49H94O6. The molecular weight excluding hydrogens is 685 g/mol. The topological polar surface area (TPSA) is 78.9 Å². The SMILES string of the molecule is CCCCCCCCCCCCCCCCCCCCCC(=O)OCC(COC(=O)CCCCCCCCC)OC(=O)CCCCCCCCCCCCC. The molecule has 326 valence electrons. The summed E-state index contributed by atoms with van der Waals surface area (Å²) < 4.78 is 16.7. The Labute approximate surface area is 342 Å². The van der Waals surface area contributed by atoms with E-state index in [9.17, 15) is 14.4 Å². The van der Waals surface area contributed by atoms with Gasteiger partial charge in [0.1, 0.15) is 13.2 Å². The van der Waals surface area contributed by atoms with Crippen molar-refractivity contribution in [1.29, 1.82) is 0 Å². The van der Waals surface area contributed by atoms with Crippen LogP contribution in [0.5, 0.6) is 0 Å². The number of rotatable bonds is 45. The van der Waals surface area contributed by atoms with Crippen molar-refractivity contribution in [2.45, 2.75) is 284 Å².